The molecule has 0 N–H and O–H groups in total. The van der Waals surface area contributed by atoms with E-state index >= 15 is 0 Å². The molecule has 0 unspecified atom stereocenters. The first-order valence-corrected chi connectivity index (χ1v) is 12.5. The van der Waals surface area contributed by atoms with Crippen molar-refractivity contribution in [2.75, 3.05) is 13.1 Å². The Labute approximate surface area is 210 Å². The molecule has 1 saturated heterocycles. The van der Waals surface area contributed by atoms with E-state index in [2.05, 4.69) is 41.6 Å². The summed E-state index contributed by atoms with van der Waals surface area (Å²) in [6.45, 7) is 9.87. The molecule has 34 heavy (non-hydrogen) atoms. The second-order valence-corrected chi connectivity index (χ2v) is 9.43. The average Bonchev–Trinajstić information content (AvgIpc) is 3.28. The van der Waals surface area contributed by atoms with Gasteiger partial charge in [-0.1, -0.05) is 23.7 Å². The van der Waals surface area contributed by atoms with E-state index in [4.69, 9.17) is 16.3 Å². The van der Waals surface area contributed by atoms with Crippen LogP contribution >= 0.6 is 23.4 Å². The zero-order chi connectivity index (χ0) is 24.2. The summed E-state index contributed by atoms with van der Waals surface area (Å²) in [5, 5.41) is 1.50. The molecule has 0 spiro atoms. The summed E-state index contributed by atoms with van der Waals surface area (Å²) >= 11 is 7.40. The fourth-order valence-corrected chi connectivity index (χ4v) is 5.17. The molecule has 4 rings (SSSR count). The van der Waals surface area contributed by atoms with Gasteiger partial charge in [0.25, 0.3) is 5.91 Å². The van der Waals surface area contributed by atoms with Crippen LogP contribution in [0.4, 0.5) is 0 Å². The molecule has 176 valence electrons. The maximum Gasteiger partial charge on any atom is 0.266 e. The van der Waals surface area contributed by atoms with E-state index in [9.17, 15) is 4.79 Å². The third kappa shape index (κ3) is 5.08. The number of ether oxygens (including phenoxy) is 1. The number of carbonyl (C=O) groups excluding carboxylic acids is 1. The zero-order valence-electron chi connectivity index (χ0n) is 19.8. The standard InChI is InChI=1S/C27H28ClN3O2S/c1-5-29-27-30(6-2)26(32)25(34-27)16-21-15-18(3)31(19(21)4)23-11-13-24(14-12-23)33-17-20-7-9-22(28)10-8-20/h7-16H,5-6,17H2,1-4H3/b25-16+,29-27?. The van der Waals surface area contributed by atoms with Crippen molar-refractivity contribution >= 4 is 40.5 Å². The van der Waals surface area contributed by atoms with E-state index < -0.39 is 0 Å². The Morgan fingerprint density at radius 2 is 1.76 bits per heavy atom. The van der Waals surface area contributed by atoms with Gasteiger partial charge in [-0.3, -0.25) is 14.7 Å². The lowest BCUT2D eigenvalue weighted by Crippen LogP contribution is -2.28. The molecule has 3 aromatic rings. The summed E-state index contributed by atoms with van der Waals surface area (Å²) in [6.07, 6.45) is 1.98. The molecule has 2 heterocycles. The lowest BCUT2D eigenvalue weighted by molar-refractivity contribution is -0.122. The molecule has 7 heteroatoms. The molecule has 2 aromatic carbocycles. The number of aromatic nitrogens is 1. The van der Waals surface area contributed by atoms with Crippen molar-refractivity contribution in [1.29, 1.82) is 0 Å². The Morgan fingerprint density at radius 1 is 1.06 bits per heavy atom. The van der Waals surface area contributed by atoms with Crippen LogP contribution in [0.2, 0.25) is 5.02 Å². The quantitative estimate of drug-likeness (QED) is 0.346. The van der Waals surface area contributed by atoms with Gasteiger partial charge >= 0.3 is 0 Å². The number of carbonyl (C=O) groups is 1. The van der Waals surface area contributed by atoms with Gasteiger partial charge in [0.1, 0.15) is 12.4 Å². The predicted molar refractivity (Wildman–Crippen MR) is 142 cm³/mol. The number of amides is 1. The number of thioether (sulfide) groups is 1. The van der Waals surface area contributed by atoms with E-state index in [1.54, 1.807) is 4.90 Å². The van der Waals surface area contributed by atoms with Gasteiger partial charge in [0.15, 0.2) is 5.17 Å². The van der Waals surface area contributed by atoms with Gasteiger partial charge in [-0.2, -0.15) is 0 Å². The Hall–Kier alpha value is -2.96. The molecule has 0 bridgehead atoms. The summed E-state index contributed by atoms with van der Waals surface area (Å²) in [4.78, 5) is 19.8. The lowest BCUT2D eigenvalue weighted by atomic mass is 10.2. The first-order chi connectivity index (χ1) is 16.4. The number of amidine groups is 1. The van der Waals surface area contributed by atoms with Crippen molar-refractivity contribution in [3.63, 3.8) is 0 Å². The van der Waals surface area contributed by atoms with Crippen LogP contribution in [-0.2, 0) is 11.4 Å². The number of hydrogen-bond acceptors (Lipinski definition) is 4. The molecular weight excluding hydrogens is 466 g/mol. The molecule has 0 saturated carbocycles. The normalized spacial score (nSPS) is 16.1. The first-order valence-electron chi connectivity index (χ1n) is 11.3. The number of likely N-dealkylation sites (N-methyl/N-ethyl adjacent to an activating group) is 1. The van der Waals surface area contributed by atoms with Crippen molar-refractivity contribution in [3.8, 4) is 11.4 Å². The number of halogens is 1. The molecule has 0 radical (unpaired) electrons. The highest BCUT2D eigenvalue weighted by Crippen LogP contribution is 2.34. The second kappa shape index (κ2) is 10.5. The van der Waals surface area contributed by atoms with Crippen LogP contribution in [0.15, 0.2) is 64.5 Å². The van der Waals surface area contributed by atoms with Gasteiger partial charge in [0.2, 0.25) is 0 Å². The van der Waals surface area contributed by atoms with Crippen LogP contribution in [0, 0.1) is 13.8 Å². The van der Waals surface area contributed by atoms with Gasteiger partial charge in [0, 0.05) is 35.2 Å². The minimum atomic E-state index is 0.0201. The number of hydrogen-bond donors (Lipinski definition) is 0. The van der Waals surface area contributed by atoms with Crippen LogP contribution in [0.25, 0.3) is 11.8 Å². The third-order valence-corrected chi connectivity index (χ3v) is 6.96. The van der Waals surface area contributed by atoms with Gasteiger partial charge in [-0.15, -0.1) is 0 Å². The minimum absolute atomic E-state index is 0.0201. The number of aryl methyl sites for hydroxylation is 1. The Balaban J connectivity index is 1.53. The highest BCUT2D eigenvalue weighted by molar-refractivity contribution is 8.18. The van der Waals surface area contributed by atoms with Crippen molar-refractivity contribution in [3.05, 3.63) is 87.0 Å². The molecule has 0 atom stereocenters. The van der Waals surface area contributed by atoms with Gasteiger partial charge in [0.05, 0.1) is 4.91 Å². The highest BCUT2D eigenvalue weighted by Gasteiger charge is 2.32. The molecule has 1 amide bonds. The monoisotopic (exact) mass is 493 g/mol. The van der Waals surface area contributed by atoms with E-state index in [-0.39, 0.29) is 5.91 Å². The highest BCUT2D eigenvalue weighted by atomic mass is 35.5. The van der Waals surface area contributed by atoms with Gasteiger partial charge in [-0.25, -0.2) is 0 Å². The van der Waals surface area contributed by atoms with Crippen LogP contribution in [0.1, 0.15) is 36.4 Å². The topological polar surface area (TPSA) is 46.8 Å². The van der Waals surface area contributed by atoms with E-state index in [1.165, 1.54) is 11.8 Å². The minimum Gasteiger partial charge on any atom is -0.489 e. The molecule has 1 aliphatic heterocycles. The number of aliphatic imine (C=N–C) groups is 1. The SMILES string of the molecule is CCN=C1S/C(=C/c2cc(C)n(-c3ccc(OCc4ccc(Cl)cc4)cc3)c2C)C(=O)N1CC. The van der Waals surface area contributed by atoms with Crippen LogP contribution in [0.5, 0.6) is 5.75 Å². The van der Waals surface area contributed by atoms with Crippen LogP contribution < -0.4 is 4.74 Å². The predicted octanol–water partition coefficient (Wildman–Crippen LogP) is 6.64. The molecule has 1 fully saturated rings. The molecule has 5 nitrogen and oxygen atoms in total. The molecule has 0 aliphatic carbocycles. The van der Waals surface area contributed by atoms with E-state index in [1.807, 2.05) is 56.3 Å². The summed E-state index contributed by atoms with van der Waals surface area (Å²) < 4.78 is 8.11. The zero-order valence-corrected chi connectivity index (χ0v) is 21.4. The van der Waals surface area contributed by atoms with Crippen molar-refractivity contribution < 1.29 is 9.53 Å². The molecular formula is C27H28ClN3O2S. The van der Waals surface area contributed by atoms with Crippen LogP contribution in [-0.4, -0.2) is 33.6 Å². The van der Waals surface area contributed by atoms with Crippen molar-refractivity contribution in [2.45, 2.75) is 34.3 Å². The summed E-state index contributed by atoms with van der Waals surface area (Å²) in [6, 6.07) is 17.8. The summed E-state index contributed by atoms with van der Waals surface area (Å²) in [5.41, 5.74) is 5.33. The summed E-state index contributed by atoms with van der Waals surface area (Å²) in [7, 11) is 0. The van der Waals surface area contributed by atoms with Gasteiger partial charge in [-0.05, 0) is 99.1 Å². The lowest BCUT2D eigenvalue weighted by Gasteiger charge is -2.12. The van der Waals surface area contributed by atoms with Gasteiger partial charge < -0.3 is 9.30 Å². The smallest absolute Gasteiger partial charge is 0.266 e. The van der Waals surface area contributed by atoms with Crippen molar-refractivity contribution in [1.82, 2.24) is 9.47 Å². The number of rotatable bonds is 7. The number of benzene rings is 2. The third-order valence-electron chi connectivity index (χ3n) is 5.67. The largest absolute Gasteiger partial charge is 0.489 e. The van der Waals surface area contributed by atoms with Crippen molar-refractivity contribution in [2.24, 2.45) is 4.99 Å². The maximum atomic E-state index is 12.8. The Morgan fingerprint density at radius 3 is 2.41 bits per heavy atom. The van der Waals surface area contributed by atoms with E-state index in [0.717, 1.165) is 39.1 Å². The molecule has 1 aliphatic rings. The fraction of sp³-hybridized carbons (Fsp3) is 0.259. The maximum absolute atomic E-state index is 12.8. The Bertz CT molecular complexity index is 1240. The first kappa shape index (κ1) is 24.2. The van der Waals surface area contributed by atoms with E-state index in [0.29, 0.717) is 29.6 Å². The fourth-order valence-electron chi connectivity index (χ4n) is 3.95. The number of nitrogens with zero attached hydrogens (tertiary/aromatic N) is 3. The molecule has 1 aromatic heterocycles. The Kier molecular flexibility index (Phi) is 7.49. The summed E-state index contributed by atoms with van der Waals surface area (Å²) in [5.74, 6) is 0.825. The average molecular weight is 494 g/mol. The second-order valence-electron chi connectivity index (χ2n) is 7.99. The van der Waals surface area contributed by atoms with Crippen LogP contribution in [0.3, 0.4) is 0 Å².